The average Bonchev–Trinajstić information content (AvgIpc) is 2.76. The van der Waals surface area contributed by atoms with Crippen molar-refractivity contribution in [2.24, 2.45) is 0 Å². The molecule has 1 fully saturated rings. The van der Waals surface area contributed by atoms with Gasteiger partial charge in [0, 0.05) is 19.0 Å². The molecule has 1 aliphatic carbocycles. The molecule has 2 N–H and O–H groups in total. The lowest BCUT2D eigenvalue weighted by Gasteiger charge is -2.24. The Labute approximate surface area is 167 Å². The molecule has 4 nitrogen and oxygen atoms in total. The Balaban J connectivity index is 1.48. The van der Waals surface area contributed by atoms with Crippen molar-refractivity contribution >= 4 is 5.78 Å². The Hall–Kier alpha value is -2.17. The van der Waals surface area contributed by atoms with Crippen molar-refractivity contribution in [1.82, 2.24) is 5.32 Å². The molecule has 0 aromatic heterocycles. The minimum atomic E-state index is -0.589. The first-order valence-corrected chi connectivity index (χ1v) is 10.4. The highest BCUT2D eigenvalue weighted by Gasteiger charge is 2.16. The van der Waals surface area contributed by atoms with E-state index in [9.17, 15) is 9.90 Å². The molecule has 0 saturated heterocycles. The number of carbonyl (C=O) groups is 1. The summed E-state index contributed by atoms with van der Waals surface area (Å²) in [6.45, 7) is 0.706. The molecule has 2 aromatic rings. The van der Waals surface area contributed by atoms with Crippen LogP contribution in [0.5, 0.6) is 5.75 Å². The van der Waals surface area contributed by atoms with Gasteiger partial charge in [0.25, 0.3) is 0 Å². The van der Waals surface area contributed by atoms with E-state index in [-0.39, 0.29) is 12.4 Å². The van der Waals surface area contributed by atoms with Crippen LogP contribution >= 0.6 is 0 Å². The standard InChI is InChI=1S/C24H31NO3/c26-21(17-25-20-11-5-2-6-12-20)18-28-24-14-8-7-13-22(24)23(27)16-15-19-9-3-1-4-10-19/h1,3-4,7-10,13-14,20-21,25-26H,2,5-6,11-12,15-18H2/t21-/m1/s1. The van der Waals surface area contributed by atoms with Crippen LogP contribution in [0, 0.1) is 0 Å². The summed E-state index contributed by atoms with van der Waals surface area (Å²) in [5, 5.41) is 13.7. The molecule has 3 rings (SSSR count). The number of ether oxygens (including phenoxy) is 1. The van der Waals surface area contributed by atoms with Gasteiger partial charge >= 0.3 is 0 Å². The molecule has 0 heterocycles. The number of aryl methyl sites for hydroxylation is 1. The number of hydrogen-bond acceptors (Lipinski definition) is 4. The fourth-order valence-electron chi connectivity index (χ4n) is 3.71. The minimum Gasteiger partial charge on any atom is -0.490 e. The van der Waals surface area contributed by atoms with Gasteiger partial charge in [0.05, 0.1) is 5.56 Å². The van der Waals surface area contributed by atoms with Crippen LogP contribution < -0.4 is 10.1 Å². The minimum absolute atomic E-state index is 0.0641. The van der Waals surface area contributed by atoms with Crippen molar-refractivity contribution in [2.75, 3.05) is 13.2 Å². The third-order valence-electron chi connectivity index (χ3n) is 5.35. The van der Waals surface area contributed by atoms with E-state index < -0.39 is 6.10 Å². The molecule has 0 bridgehead atoms. The maximum atomic E-state index is 12.7. The van der Waals surface area contributed by atoms with Crippen LogP contribution in [-0.2, 0) is 6.42 Å². The smallest absolute Gasteiger partial charge is 0.166 e. The van der Waals surface area contributed by atoms with E-state index in [1.54, 1.807) is 12.1 Å². The second-order valence-corrected chi connectivity index (χ2v) is 7.61. The van der Waals surface area contributed by atoms with Crippen LogP contribution in [-0.4, -0.2) is 36.2 Å². The van der Waals surface area contributed by atoms with Crippen LogP contribution in [0.15, 0.2) is 54.6 Å². The predicted octanol–water partition coefficient (Wildman–Crippen LogP) is 4.16. The first kappa shape index (κ1) is 20.6. The van der Waals surface area contributed by atoms with Gasteiger partial charge in [-0.3, -0.25) is 4.79 Å². The van der Waals surface area contributed by atoms with Crippen LogP contribution in [0.4, 0.5) is 0 Å². The number of para-hydroxylation sites is 1. The lowest BCUT2D eigenvalue weighted by molar-refractivity contribution is 0.0939. The fourth-order valence-corrected chi connectivity index (χ4v) is 3.71. The number of aliphatic hydroxyl groups is 1. The zero-order valence-corrected chi connectivity index (χ0v) is 16.5. The topological polar surface area (TPSA) is 58.6 Å². The van der Waals surface area contributed by atoms with Crippen molar-refractivity contribution in [3.8, 4) is 5.75 Å². The average molecular weight is 382 g/mol. The summed E-state index contributed by atoms with van der Waals surface area (Å²) in [6, 6.07) is 17.8. The summed E-state index contributed by atoms with van der Waals surface area (Å²) in [5.41, 5.74) is 1.74. The molecule has 4 heteroatoms. The second kappa shape index (κ2) is 11.0. The summed E-state index contributed by atoms with van der Waals surface area (Å²) >= 11 is 0. The molecule has 0 amide bonds. The first-order chi connectivity index (χ1) is 13.7. The monoisotopic (exact) mass is 381 g/mol. The number of nitrogens with one attached hydrogen (secondary N) is 1. The number of carbonyl (C=O) groups excluding carboxylic acids is 1. The van der Waals surface area contributed by atoms with E-state index in [0.717, 1.165) is 5.56 Å². The highest BCUT2D eigenvalue weighted by molar-refractivity contribution is 5.98. The number of hydrogen-bond donors (Lipinski definition) is 2. The molecule has 1 atom stereocenters. The van der Waals surface area contributed by atoms with Crippen LogP contribution in [0.25, 0.3) is 0 Å². The van der Waals surface area contributed by atoms with Gasteiger partial charge in [0.1, 0.15) is 18.5 Å². The summed E-state index contributed by atoms with van der Waals surface area (Å²) in [6.07, 6.45) is 6.79. The molecule has 2 aromatic carbocycles. The van der Waals surface area contributed by atoms with E-state index in [4.69, 9.17) is 4.74 Å². The van der Waals surface area contributed by atoms with Gasteiger partial charge < -0.3 is 15.2 Å². The maximum absolute atomic E-state index is 12.7. The summed E-state index contributed by atoms with van der Waals surface area (Å²) in [4.78, 5) is 12.7. The van der Waals surface area contributed by atoms with Crippen LogP contribution in [0.2, 0.25) is 0 Å². The van der Waals surface area contributed by atoms with Gasteiger partial charge in [-0.1, -0.05) is 61.7 Å². The zero-order chi connectivity index (χ0) is 19.6. The Kier molecular flexibility index (Phi) is 8.07. The second-order valence-electron chi connectivity index (χ2n) is 7.61. The quantitative estimate of drug-likeness (QED) is 0.607. The molecule has 0 aliphatic heterocycles. The zero-order valence-electron chi connectivity index (χ0n) is 16.5. The summed E-state index contributed by atoms with van der Waals surface area (Å²) < 4.78 is 5.80. The maximum Gasteiger partial charge on any atom is 0.166 e. The molecule has 0 spiro atoms. The Bertz CT molecular complexity index is 726. The number of ketones is 1. The lowest BCUT2D eigenvalue weighted by atomic mass is 9.95. The van der Waals surface area contributed by atoms with Gasteiger partial charge in [-0.15, -0.1) is 0 Å². The van der Waals surface area contributed by atoms with Gasteiger partial charge in [0.2, 0.25) is 0 Å². The highest BCUT2D eigenvalue weighted by atomic mass is 16.5. The van der Waals surface area contributed by atoms with Gasteiger partial charge in [0.15, 0.2) is 5.78 Å². The van der Waals surface area contributed by atoms with Crippen molar-refractivity contribution < 1.29 is 14.6 Å². The van der Waals surface area contributed by atoms with Gasteiger partial charge in [-0.05, 0) is 37.0 Å². The molecular weight excluding hydrogens is 350 g/mol. The molecular formula is C24H31NO3. The van der Waals surface area contributed by atoms with E-state index in [1.807, 2.05) is 42.5 Å². The van der Waals surface area contributed by atoms with E-state index >= 15 is 0 Å². The van der Waals surface area contributed by atoms with Gasteiger partial charge in [-0.25, -0.2) is 0 Å². The molecule has 1 aliphatic rings. The van der Waals surface area contributed by atoms with Crippen LogP contribution in [0.3, 0.4) is 0 Å². The SMILES string of the molecule is O=C(CCc1ccccc1)c1ccccc1OC[C@H](O)CNC1CCCCC1. The van der Waals surface area contributed by atoms with Crippen LogP contribution in [0.1, 0.15) is 54.4 Å². The van der Waals surface area contributed by atoms with Gasteiger partial charge in [-0.2, -0.15) is 0 Å². The number of Topliss-reactive ketones (excluding diaryl/α,β-unsaturated/α-hetero) is 1. The van der Waals surface area contributed by atoms with E-state index in [2.05, 4.69) is 5.32 Å². The fraction of sp³-hybridized carbons (Fsp3) is 0.458. The normalized spacial score (nSPS) is 15.9. The number of benzene rings is 2. The van der Waals surface area contributed by atoms with Crippen molar-refractivity contribution in [2.45, 2.75) is 57.1 Å². The lowest BCUT2D eigenvalue weighted by Crippen LogP contribution is -2.39. The summed E-state index contributed by atoms with van der Waals surface area (Å²) in [5.74, 6) is 0.617. The van der Waals surface area contributed by atoms with Crippen molar-refractivity contribution in [3.05, 3.63) is 65.7 Å². The summed E-state index contributed by atoms with van der Waals surface area (Å²) in [7, 11) is 0. The molecule has 28 heavy (non-hydrogen) atoms. The molecule has 150 valence electrons. The molecule has 1 saturated carbocycles. The highest BCUT2D eigenvalue weighted by Crippen LogP contribution is 2.21. The number of rotatable bonds is 10. The number of aliphatic hydroxyl groups excluding tert-OH is 1. The third kappa shape index (κ3) is 6.47. The Morgan fingerprint density at radius 3 is 2.54 bits per heavy atom. The van der Waals surface area contributed by atoms with E-state index in [1.165, 1.54) is 32.1 Å². The van der Waals surface area contributed by atoms with E-state index in [0.29, 0.717) is 36.7 Å². The third-order valence-corrected chi connectivity index (χ3v) is 5.35. The molecule has 0 radical (unpaired) electrons. The Morgan fingerprint density at radius 2 is 1.75 bits per heavy atom. The molecule has 0 unspecified atom stereocenters. The Morgan fingerprint density at radius 1 is 1.04 bits per heavy atom. The van der Waals surface area contributed by atoms with Crippen molar-refractivity contribution in [3.63, 3.8) is 0 Å². The van der Waals surface area contributed by atoms with Crippen molar-refractivity contribution in [1.29, 1.82) is 0 Å². The largest absolute Gasteiger partial charge is 0.490 e. The predicted molar refractivity (Wildman–Crippen MR) is 112 cm³/mol. The first-order valence-electron chi connectivity index (χ1n) is 10.4.